The first-order valence-electron chi connectivity index (χ1n) is 47.5. The van der Waals surface area contributed by atoms with E-state index in [0.29, 0.717) is 0 Å². The Hall–Kier alpha value is -17.0. The summed E-state index contributed by atoms with van der Waals surface area (Å²) in [6.45, 7) is 9.53. The molecule has 0 bridgehead atoms. The van der Waals surface area contributed by atoms with Crippen molar-refractivity contribution in [1.82, 2.24) is 9.13 Å². The van der Waals surface area contributed by atoms with E-state index < -0.39 is 0 Å². The largest absolute Gasteiger partial charge is 0.316 e. The Morgan fingerprint density at radius 3 is 0.684 bits per heavy atom. The van der Waals surface area contributed by atoms with Crippen LogP contribution in [0.15, 0.2) is 498 Å². The van der Waals surface area contributed by atoms with E-state index in [0.717, 1.165) is 5.69 Å². The molecule has 0 radical (unpaired) electrons. The third kappa shape index (κ3) is 14.2. The Bertz CT molecular complexity index is 8780. The second-order valence-corrected chi connectivity index (χ2v) is 37.8. The molecule has 0 fully saturated rings. The van der Waals surface area contributed by atoms with Crippen molar-refractivity contribution in [2.24, 2.45) is 0 Å². The van der Waals surface area contributed by atoms with Crippen LogP contribution in [0, 0.1) is 0 Å². The predicted molar refractivity (Wildman–Crippen MR) is 577 cm³/mol. The SMILES string of the molecule is CC1(C)c2cc(-c3ccccc3)ccc2-c2ccc(-n3cc(-c4ccc(-c5cc6ccccc6c6ccccc56)cc4)c4cc(-c5ccc(-c6cc7ccccc7c7ccccc67)cc5)ccc43)cc21.CC1(C)c2cc(-c3ccccc3)ccc2-c2ccc(-n3cc(-c4ccc(-c5ccc(-c6ccccc6)cc5)cc4)c4cc(-c5ccc(-c6ccc(-c7ccccc7)cc6)cc5)ccc43)cc21. The highest BCUT2D eigenvalue weighted by atomic mass is 15.0. The monoisotopic (exact) mass is 1730 g/mol. The first-order valence-corrected chi connectivity index (χ1v) is 47.5. The molecule has 2 heterocycles. The number of nitrogens with zero attached hydrogens (tertiary/aromatic N) is 2. The van der Waals surface area contributed by atoms with Crippen LogP contribution in [0.3, 0.4) is 0 Å². The second-order valence-electron chi connectivity index (χ2n) is 37.8. The molecule has 2 aliphatic rings. The average Bonchev–Trinajstić information content (AvgIpc) is 1.56. The Morgan fingerprint density at radius 2 is 0.360 bits per heavy atom. The Kier molecular flexibility index (Phi) is 19.7. The molecule has 0 atom stereocenters. The van der Waals surface area contributed by atoms with Gasteiger partial charge in [-0.15, -0.1) is 0 Å². The van der Waals surface area contributed by atoms with Crippen LogP contribution in [0.1, 0.15) is 49.9 Å². The van der Waals surface area contributed by atoms with E-state index in [2.05, 4.69) is 535 Å². The van der Waals surface area contributed by atoms with Crippen LogP contribution in [-0.2, 0) is 10.8 Å². The molecule has 2 heteroatoms. The van der Waals surface area contributed by atoms with E-state index in [1.54, 1.807) is 0 Å². The van der Waals surface area contributed by atoms with Crippen LogP contribution in [0.4, 0.5) is 0 Å². The van der Waals surface area contributed by atoms with Crippen molar-refractivity contribution in [2.75, 3.05) is 0 Å². The standard InChI is InChI=1S/C69H47N.C65H47N/c1-69(2)66-41-50(44-14-4-3-5-15-44)32-35-60(66)61-36-34-53(42-67(61)69)70-43-65(48-30-28-47(29-31-48)63-40-52-17-7-9-19-55(52)57-21-11-13-23-59(57)63)64-38-49(33-37-68(64)70)45-24-26-46(27-25-45)62-39-51-16-6-8-18-54(51)56-20-10-12-22-58(56)62;1-65(2)62-41-56(46-16-10-5-11-17-46)34-37-58(62)59-38-36-57(42-63(59)65)66-43-61(54-32-30-52(31-33-54)50-24-20-48(21-25-50)45-14-8-4-9-15-45)60-40-55(35-39-64(60)66)53-28-26-51(27-29-53)49-22-18-47(19-23-49)44-12-6-3-7-13-44/h3-43H,1-2H3;3-43H,1-2H3. The molecule has 0 N–H and O–H groups in total. The number of benzene rings is 22. The summed E-state index contributed by atoms with van der Waals surface area (Å²) < 4.78 is 4.82. The van der Waals surface area contributed by atoms with Crippen molar-refractivity contribution in [3.8, 4) is 167 Å². The van der Waals surface area contributed by atoms with Gasteiger partial charge in [0.15, 0.2) is 0 Å². The van der Waals surface area contributed by atoms with E-state index in [4.69, 9.17) is 0 Å². The van der Waals surface area contributed by atoms with E-state index in [9.17, 15) is 0 Å². The predicted octanol–water partition coefficient (Wildman–Crippen LogP) is 36.5. The number of hydrogen-bond acceptors (Lipinski definition) is 0. The van der Waals surface area contributed by atoms with Crippen LogP contribution >= 0.6 is 0 Å². The number of rotatable bonds is 14. The van der Waals surface area contributed by atoms with Gasteiger partial charge in [-0.1, -0.05) is 440 Å². The minimum atomic E-state index is -0.168. The maximum Gasteiger partial charge on any atom is 0.0535 e. The van der Waals surface area contributed by atoms with Crippen molar-refractivity contribution in [3.05, 3.63) is 520 Å². The lowest BCUT2D eigenvalue weighted by molar-refractivity contribution is 0.660. The maximum absolute atomic E-state index is 2.44. The lowest BCUT2D eigenvalue weighted by Crippen LogP contribution is -2.15. The van der Waals surface area contributed by atoms with Gasteiger partial charge in [-0.3, -0.25) is 0 Å². The summed E-state index contributed by atoms with van der Waals surface area (Å²) in [6.07, 6.45) is 4.72. The summed E-state index contributed by atoms with van der Waals surface area (Å²) in [5.74, 6) is 0. The fourth-order valence-corrected chi connectivity index (χ4v) is 22.0. The van der Waals surface area contributed by atoms with Crippen LogP contribution in [-0.4, -0.2) is 9.13 Å². The van der Waals surface area contributed by atoms with E-state index in [1.807, 2.05) is 0 Å². The summed E-state index contributed by atoms with van der Waals surface area (Å²) in [7, 11) is 0. The van der Waals surface area contributed by atoms with Crippen molar-refractivity contribution in [1.29, 1.82) is 0 Å². The van der Waals surface area contributed by atoms with E-state index in [-0.39, 0.29) is 10.8 Å². The van der Waals surface area contributed by atoms with Gasteiger partial charge in [-0.05, 0) is 283 Å². The van der Waals surface area contributed by atoms with E-state index >= 15 is 0 Å². The molecular weight excluding hydrogens is 1640 g/mol. The summed E-state index contributed by atoms with van der Waals surface area (Å²) in [5, 5.41) is 12.7. The van der Waals surface area contributed by atoms with Crippen LogP contribution in [0.5, 0.6) is 0 Å². The lowest BCUT2D eigenvalue weighted by atomic mass is 9.81. The molecule has 22 aromatic carbocycles. The highest BCUT2D eigenvalue weighted by molar-refractivity contribution is 6.16. The van der Waals surface area contributed by atoms with Crippen LogP contribution in [0.2, 0.25) is 0 Å². The van der Waals surface area contributed by atoms with Gasteiger partial charge in [-0.2, -0.15) is 0 Å². The maximum atomic E-state index is 2.44. The Balaban J connectivity index is 0.000000145. The van der Waals surface area contributed by atoms with Gasteiger partial charge in [0.25, 0.3) is 0 Å². The molecule has 136 heavy (non-hydrogen) atoms. The fourth-order valence-electron chi connectivity index (χ4n) is 22.0. The Labute approximate surface area is 794 Å². The zero-order chi connectivity index (χ0) is 90.7. The van der Waals surface area contributed by atoms with Gasteiger partial charge in [0.1, 0.15) is 0 Å². The van der Waals surface area contributed by atoms with Gasteiger partial charge < -0.3 is 9.13 Å². The minimum Gasteiger partial charge on any atom is -0.316 e. The third-order valence-electron chi connectivity index (χ3n) is 29.3. The Morgan fingerprint density at radius 1 is 0.140 bits per heavy atom. The molecule has 640 valence electrons. The van der Waals surface area contributed by atoms with Gasteiger partial charge in [0.05, 0.1) is 11.0 Å². The molecule has 2 aliphatic carbocycles. The molecule has 2 nitrogen and oxygen atoms in total. The van der Waals surface area contributed by atoms with Crippen molar-refractivity contribution in [3.63, 3.8) is 0 Å². The van der Waals surface area contributed by atoms with Crippen molar-refractivity contribution >= 4 is 64.9 Å². The first-order chi connectivity index (χ1) is 66.9. The smallest absolute Gasteiger partial charge is 0.0535 e. The van der Waals surface area contributed by atoms with Gasteiger partial charge >= 0.3 is 0 Å². The van der Waals surface area contributed by atoms with Crippen molar-refractivity contribution in [2.45, 2.75) is 38.5 Å². The van der Waals surface area contributed by atoms with Crippen LogP contribution in [0.25, 0.3) is 232 Å². The summed E-state index contributed by atoms with van der Waals surface area (Å²) >= 11 is 0. The lowest BCUT2D eigenvalue weighted by Gasteiger charge is -2.23. The molecule has 0 spiro atoms. The zero-order valence-corrected chi connectivity index (χ0v) is 76.2. The molecule has 0 aliphatic heterocycles. The number of fused-ring (bicyclic) bond motifs is 14. The number of hydrogen-bond donors (Lipinski definition) is 0. The highest BCUT2D eigenvalue weighted by Crippen LogP contribution is 2.54. The average molecular weight is 1730 g/mol. The first kappa shape index (κ1) is 81.0. The fraction of sp³-hybridized carbons (Fsp3) is 0.0448. The van der Waals surface area contributed by atoms with Gasteiger partial charge in [-0.25, -0.2) is 0 Å². The summed E-state index contributed by atoms with van der Waals surface area (Å²) in [6, 6.07) is 179. The summed E-state index contributed by atoms with van der Waals surface area (Å²) in [4.78, 5) is 0. The molecule has 2 aromatic heterocycles. The molecule has 26 rings (SSSR count). The van der Waals surface area contributed by atoms with Crippen molar-refractivity contribution < 1.29 is 0 Å². The summed E-state index contributed by atoms with van der Waals surface area (Å²) in [5.41, 5.74) is 44.4. The minimum absolute atomic E-state index is 0.157. The van der Waals surface area contributed by atoms with Crippen LogP contribution < -0.4 is 0 Å². The highest BCUT2D eigenvalue weighted by Gasteiger charge is 2.38. The van der Waals surface area contributed by atoms with E-state index in [1.165, 1.54) is 249 Å². The number of aromatic nitrogens is 2. The van der Waals surface area contributed by atoms with Gasteiger partial charge in [0.2, 0.25) is 0 Å². The molecular formula is C134H94N2. The molecule has 0 saturated carbocycles. The molecule has 0 amide bonds. The normalized spacial score (nSPS) is 12.7. The molecule has 0 unspecified atom stereocenters. The molecule has 0 saturated heterocycles. The third-order valence-corrected chi connectivity index (χ3v) is 29.3. The molecule has 24 aromatic rings. The zero-order valence-electron chi connectivity index (χ0n) is 76.2. The quantitative estimate of drug-likeness (QED) is 0.0961. The second kappa shape index (κ2) is 33.1. The van der Waals surface area contributed by atoms with Gasteiger partial charge in [0, 0.05) is 56.5 Å². The topological polar surface area (TPSA) is 9.86 Å².